The normalized spacial score (nSPS) is 21.3. The first-order chi connectivity index (χ1) is 10.2. The van der Waals surface area contributed by atoms with Gasteiger partial charge in [0.25, 0.3) is 0 Å². The molecular weight excluding hydrogens is 262 g/mol. The average Bonchev–Trinajstić information content (AvgIpc) is 2.98. The summed E-state index contributed by atoms with van der Waals surface area (Å²) in [6.45, 7) is 0.789. The van der Waals surface area contributed by atoms with Crippen LogP contribution in [0.3, 0.4) is 0 Å². The molecule has 0 saturated carbocycles. The van der Waals surface area contributed by atoms with Crippen LogP contribution in [-0.4, -0.2) is 23.7 Å². The van der Waals surface area contributed by atoms with Crippen LogP contribution in [0.25, 0.3) is 11.1 Å². The molecule has 1 aliphatic heterocycles. The molecule has 0 aromatic heterocycles. The zero-order chi connectivity index (χ0) is 14.7. The van der Waals surface area contributed by atoms with Crippen molar-refractivity contribution in [3.05, 3.63) is 60.2 Å². The highest BCUT2D eigenvalue weighted by Gasteiger charge is 2.28. The monoisotopic (exact) mass is 281 g/mol. The lowest BCUT2D eigenvalue weighted by molar-refractivity contribution is -0.139. The number of carbonyl (C=O) groups is 1. The lowest BCUT2D eigenvalue weighted by Gasteiger charge is -2.09. The molecule has 2 aromatic rings. The number of carboxylic acid groups (broad SMARTS) is 1. The maximum absolute atomic E-state index is 10.9. The Morgan fingerprint density at radius 1 is 1.05 bits per heavy atom. The zero-order valence-electron chi connectivity index (χ0n) is 11.8. The van der Waals surface area contributed by atoms with E-state index in [1.807, 2.05) is 18.2 Å². The van der Waals surface area contributed by atoms with E-state index in [1.54, 1.807) is 0 Å². The van der Waals surface area contributed by atoms with Gasteiger partial charge in [-0.25, -0.2) is 0 Å². The largest absolute Gasteiger partial charge is 0.480 e. The fourth-order valence-electron chi connectivity index (χ4n) is 2.95. The lowest BCUT2D eigenvalue weighted by atomic mass is 9.95. The van der Waals surface area contributed by atoms with Crippen LogP contribution < -0.4 is 5.32 Å². The topological polar surface area (TPSA) is 49.3 Å². The zero-order valence-corrected chi connectivity index (χ0v) is 11.8. The van der Waals surface area contributed by atoms with Crippen LogP contribution in [-0.2, 0) is 11.2 Å². The third kappa shape index (κ3) is 3.31. The minimum absolute atomic E-state index is 0.376. The van der Waals surface area contributed by atoms with E-state index in [1.165, 1.54) is 16.7 Å². The van der Waals surface area contributed by atoms with Crippen molar-refractivity contribution in [1.29, 1.82) is 0 Å². The molecule has 1 heterocycles. The Bertz CT molecular complexity index is 607. The Morgan fingerprint density at radius 2 is 1.71 bits per heavy atom. The second-order valence-corrected chi connectivity index (χ2v) is 5.67. The van der Waals surface area contributed by atoms with Crippen molar-refractivity contribution in [2.24, 2.45) is 5.92 Å². The predicted molar refractivity (Wildman–Crippen MR) is 83.1 cm³/mol. The van der Waals surface area contributed by atoms with Gasteiger partial charge in [0.05, 0.1) is 0 Å². The molecule has 0 bridgehead atoms. The van der Waals surface area contributed by atoms with E-state index in [0.29, 0.717) is 5.92 Å². The second-order valence-electron chi connectivity index (χ2n) is 5.67. The van der Waals surface area contributed by atoms with Gasteiger partial charge in [-0.2, -0.15) is 0 Å². The van der Waals surface area contributed by atoms with Crippen LogP contribution in [0.4, 0.5) is 0 Å². The maximum Gasteiger partial charge on any atom is 0.320 e. The second kappa shape index (κ2) is 6.10. The van der Waals surface area contributed by atoms with Gasteiger partial charge in [0.1, 0.15) is 6.04 Å². The summed E-state index contributed by atoms with van der Waals surface area (Å²) in [6, 6.07) is 18.5. The predicted octanol–water partition coefficient (Wildman–Crippen LogP) is 2.96. The first-order valence-corrected chi connectivity index (χ1v) is 7.33. The SMILES string of the molecule is O=C(O)[C@@H]1CC(Cc2ccc(-c3ccccc3)cc2)CN1. The van der Waals surface area contributed by atoms with Crippen molar-refractivity contribution >= 4 is 5.97 Å². The van der Waals surface area contributed by atoms with Crippen molar-refractivity contribution in [1.82, 2.24) is 5.32 Å². The number of carboxylic acids is 1. The Kier molecular flexibility index (Phi) is 4.02. The average molecular weight is 281 g/mol. The van der Waals surface area contributed by atoms with Gasteiger partial charge >= 0.3 is 5.97 Å². The van der Waals surface area contributed by atoms with Crippen LogP contribution in [0.15, 0.2) is 54.6 Å². The van der Waals surface area contributed by atoms with Gasteiger partial charge in [0.15, 0.2) is 0 Å². The molecule has 3 rings (SSSR count). The van der Waals surface area contributed by atoms with Gasteiger partial charge in [-0.3, -0.25) is 4.79 Å². The lowest BCUT2D eigenvalue weighted by Crippen LogP contribution is -2.29. The summed E-state index contributed by atoms with van der Waals surface area (Å²) in [5, 5.41) is 12.1. The molecule has 0 spiro atoms. The number of nitrogens with one attached hydrogen (secondary N) is 1. The number of rotatable bonds is 4. The van der Waals surface area contributed by atoms with Gasteiger partial charge < -0.3 is 10.4 Å². The van der Waals surface area contributed by atoms with Crippen LogP contribution in [0, 0.1) is 5.92 Å². The van der Waals surface area contributed by atoms with E-state index < -0.39 is 5.97 Å². The summed E-state index contributed by atoms with van der Waals surface area (Å²) in [7, 11) is 0. The summed E-state index contributed by atoms with van der Waals surface area (Å²) in [5.74, 6) is -0.328. The van der Waals surface area contributed by atoms with Crippen molar-refractivity contribution in [2.45, 2.75) is 18.9 Å². The number of hydrogen-bond donors (Lipinski definition) is 2. The van der Waals surface area contributed by atoms with Gasteiger partial charge in [-0.05, 0) is 42.0 Å². The van der Waals surface area contributed by atoms with Gasteiger partial charge in [-0.15, -0.1) is 0 Å². The first kappa shape index (κ1) is 13.8. The molecule has 0 radical (unpaired) electrons. The molecule has 108 valence electrons. The van der Waals surface area contributed by atoms with E-state index in [-0.39, 0.29) is 6.04 Å². The molecule has 2 N–H and O–H groups in total. The molecule has 1 aliphatic rings. The highest BCUT2D eigenvalue weighted by atomic mass is 16.4. The number of hydrogen-bond acceptors (Lipinski definition) is 2. The van der Waals surface area contributed by atoms with Crippen LogP contribution in [0.1, 0.15) is 12.0 Å². The Balaban J connectivity index is 1.64. The Morgan fingerprint density at radius 3 is 2.33 bits per heavy atom. The fraction of sp³-hybridized carbons (Fsp3) is 0.278. The molecule has 0 aliphatic carbocycles. The standard InChI is InChI=1S/C18H19NO2/c20-18(21)17-11-14(12-19-17)10-13-6-8-16(9-7-13)15-4-2-1-3-5-15/h1-9,14,17,19H,10-12H2,(H,20,21)/t14?,17-/m0/s1. The Hall–Kier alpha value is -2.13. The van der Waals surface area contributed by atoms with E-state index in [4.69, 9.17) is 5.11 Å². The van der Waals surface area contributed by atoms with Crippen LogP contribution in [0.5, 0.6) is 0 Å². The van der Waals surface area contributed by atoms with Crippen molar-refractivity contribution in [3.63, 3.8) is 0 Å². The van der Waals surface area contributed by atoms with Gasteiger partial charge in [-0.1, -0.05) is 54.6 Å². The molecule has 1 unspecified atom stereocenters. The van der Waals surface area contributed by atoms with Crippen molar-refractivity contribution in [2.75, 3.05) is 6.54 Å². The fourth-order valence-corrected chi connectivity index (χ4v) is 2.95. The van der Waals surface area contributed by atoms with Crippen LogP contribution in [0.2, 0.25) is 0 Å². The molecule has 2 atom stereocenters. The van der Waals surface area contributed by atoms with E-state index in [9.17, 15) is 4.79 Å². The van der Waals surface area contributed by atoms with Crippen molar-refractivity contribution in [3.8, 4) is 11.1 Å². The summed E-state index contributed by atoms with van der Waals surface area (Å²) in [5.41, 5.74) is 3.71. The van der Waals surface area contributed by atoms with E-state index in [2.05, 4.69) is 41.7 Å². The molecule has 1 fully saturated rings. The molecular formula is C18H19NO2. The smallest absolute Gasteiger partial charge is 0.320 e. The first-order valence-electron chi connectivity index (χ1n) is 7.33. The van der Waals surface area contributed by atoms with E-state index in [0.717, 1.165) is 19.4 Å². The molecule has 3 nitrogen and oxygen atoms in total. The Labute approximate surface area is 124 Å². The molecule has 0 amide bonds. The quantitative estimate of drug-likeness (QED) is 0.906. The van der Waals surface area contributed by atoms with E-state index >= 15 is 0 Å². The van der Waals surface area contributed by atoms with Crippen molar-refractivity contribution < 1.29 is 9.90 Å². The minimum atomic E-state index is -0.739. The molecule has 1 saturated heterocycles. The maximum atomic E-state index is 10.9. The van der Waals surface area contributed by atoms with Crippen LogP contribution >= 0.6 is 0 Å². The third-order valence-corrected chi connectivity index (χ3v) is 4.11. The van der Waals surface area contributed by atoms with Gasteiger partial charge in [0, 0.05) is 0 Å². The highest BCUT2D eigenvalue weighted by Crippen LogP contribution is 2.23. The van der Waals surface area contributed by atoms with Gasteiger partial charge in [0.2, 0.25) is 0 Å². The molecule has 2 aromatic carbocycles. The summed E-state index contributed by atoms with van der Waals surface area (Å²) in [6.07, 6.45) is 1.65. The number of aliphatic carboxylic acids is 1. The minimum Gasteiger partial charge on any atom is -0.480 e. The highest BCUT2D eigenvalue weighted by molar-refractivity contribution is 5.73. The number of benzene rings is 2. The summed E-state index contributed by atoms with van der Waals surface area (Å²) >= 11 is 0. The third-order valence-electron chi connectivity index (χ3n) is 4.11. The summed E-state index contributed by atoms with van der Waals surface area (Å²) < 4.78 is 0. The molecule has 3 heteroatoms. The molecule has 21 heavy (non-hydrogen) atoms. The summed E-state index contributed by atoms with van der Waals surface area (Å²) in [4.78, 5) is 10.9.